The van der Waals surface area contributed by atoms with Crippen LogP contribution in [0, 0.1) is 6.92 Å². The third-order valence-corrected chi connectivity index (χ3v) is 4.87. The van der Waals surface area contributed by atoms with Crippen LogP contribution in [0.5, 0.6) is 0 Å². The normalized spacial score (nSPS) is 17.2. The van der Waals surface area contributed by atoms with Crippen molar-refractivity contribution in [2.45, 2.75) is 25.8 Å². The number of hydrogen-bond donors (Lipinski definition) is 1. The van der Waals surface area contributed by atoms with Gasteiger partial charge in [0.15, 0.2) is 0 Å². The lowest BCUT2D eigenvalue weighted by Crippen LogP contribution is -2.47. The van der Waals surface area contributed by atoms with Crippen molar-refractivity contribution in [3.8, 4) is 11.3 Å². The van der Waals surface area contributed by atoms with Gasteiger partial charge in [-0.3, -0.25) is 19.4 Å². The standard InChI is InChI=1S/C20H22N6O/c1-14-5-6-15(19-12-21-7-8-22-19)10-18(14)24-17-4-3-9-26(20(17)27)16-11-23-25(2)13-16/h5-8,10-13,17,24H,3-4,9H2,1-2H3. The molecule has 0 radical (unpaired) electrons. The first-order valence-corrected chi connectivity index (χ1v) is 9.05. The Kier molecular flexibility index (Phi) is 4.58. The Bertz CT molecular complexity index is 952. The summed E-state index contributed by atoms with van der Waals surface area (Å²) in [6.45, 7) is 2.76. The average Bonchev–Trinajstić information content (AvgIpc) is 3.12. The summed E-state index contributed by atoms with van der Waals surface area (Å²) < 4.78 is 1.72. The second-order valence-corrected chi connectivity index (χ2v) is 6.82. The van der Waals surface area contributed by atoms with Gasteiger partial charge in [-0.1, -0.05) is 12.1 Å². The quantitative estimate of drug-likeness (QED) is 0.772. The smallest absolute Gasteiger partial charge is 0.249 e. The molecule has 2 aromatic heterocycles. The molecule has 1 aliphatic heterocycles. The second kappa shape index (κ2) is 7.19. The minimum atomic E-state index is -0.255. The van der Waals surface area contributed by atoms with E-state index in [2.05, 4.69) is 20.4 Å². The predicted octanol–water partition coefficient (Wildman–Crippen LogP) is 2.79. The predicted molar refractivity (Wildman–Crippen MR) is 104 cm³/mol. The van der Waals surface area contributed by atoms with Crippen LogP contribution < -0.4 is 10.2 Å². The third-order valence-electron chi connectivity index (χ3n) is 4.87. The highest BCUT2D eigenvalue weighted by molar-refractivity contribution is 5.99. The Balaban J connectivity index is 1.57. The molecule has 1 fully saturated rings. The molecule has 0 spiro atoms. The maximum absolute atomic E-state index is 13.0. The number of nitrogens with zero attached hydrogens (tertiary/aromatic N) is 5. The number of rotatable bonds is 4. The number of carbonyl (C=O) groups is 1. The molecule has 3 aromatic rings. The van der Waals surface area contributed by atoms with Crippen molar-refractivity contribution in [1.82, 2.24) is 19.7 Å². The van der Waals surface area contributed by atoms with Crippen LogP contribution in [0.4, 0.5) is 11.4 Å². The Morgan fingerprint density at radius 2 is 2.11 bits per heavy atom. The van der Waals surface area contributed by atoms with E-state index in [1.54, 1.807) is 29.5 Å². The van der Waals surface area contributed by atoms with Crippen LogP contribution in [0.15, 0.2) is 49.2 Å². The van der Waals surface area contributed by atoms with Gasteiger partial charge >= 0.3 is 0 Å². The molecule has 7 nitrogen and oxygen atoms in total. The summed E-state index contributed by atoms with van der Waals surface area (Å²) in [6, 6.07) is 5.85. The molecule has 138 valence electrons. The van der Waals surface area contributed by atoms with Gasteiger partial charge in [-0.2, -0.15) is 5.10 Å². The van der Waals surface area contributed by atoms with Gasteiger partial charge in [-0.05, 0) is 31.4 Å². The summed E-state index contributed by atoms with van der Waals surface area (Å²) in [4.78, 5) is 23.3. The summed E-state index contributed by atoms with van der Waals surface area (Å²) in [5, 5.41) is 7.63. The van der Waals surface area contributed by atoms with Gasteiger partial charge in [0.05, 0.1) is 23.8 Å². The van der Waals surface area contributed by atoms with Crippen LogP contribution in [-0.2, 0) is 11.8 Å². The molecule has 1 unspecified atom stereocenters. The average molecular weight is 362 g/mol. The van der Waals surface area contributed by atoms with Crippen molar-refractivity contribution < 1.29 is 4.79 Å². The van der Waals surface area contributed by atoms with Crippen LogP contribution in [0.1, 0.15) is 18.4 Å². The number of hydrogen-bond acceptors (Lipinski definition) is 5. The van der Waals surface area contributed by atoms with Crippen LogP contribution >= 0.6 is 0 Å². The van der Waals surface area contributed by atoms with Crippen molar-refractivity contribution in [3.63, 3.8) is 0 Å². The molecule has 1 aliphatic rings. The highest BCUT2D eigenvalue weighted by Gasteiger charge is 2.30. The SMILES string of the molecule is Cc1ccc(-c2cnccn2)cc1NC1CCCN(c2cnn(C)c2)C1=O. The fourth-order valence-electron chi connectivity index (χ4n) is 3.39. The lowest BCUT2D eigenvalue weighted by atomic mass is 10.0. The largest absolute Gasteiger partial charge is 0.373 e. The molecule has 0 saturated carbocycles. The maximum atomic E-state index is 13.0. The second-order valence-electron chi connectivity index (χ2n) is 6.82. The van der Waals surface area contributed by atoms with Gasteiger partial charge in [-0.15, -0.1) is 0 Å². The zero-order chi connectivity index (χ0) is 18.8. The van der Waals surface area contributed by atoms with Gasteiger partial charge < -0.3 is 10.2 Å². The number of anilines is 2. The molecule has 4 rings (SSSR count). The Morgan fingerprint density at radius 1 is 1.22 bits per heavy atom. The van der Waals surface area contributed by atoms with E-state index in [4.69, 9.17) is 0 Å². The molecular weight excluding hydrogens is 340 g/mol. The van der Waals surface area contributed by atoms with E-state index in [0.717, 1.165) is 47.6 Å². The van der Waals surface area contributed by atoms with Crippen LogP contribution in [0.25, 0.3) is 11.3 Å². The first-order valence-electron chi connectivity index (χ1n) is 9.05. The van der Waals surface area contributed by atoms with Gasteiger partial charge in [0, 0.05) is 43.4 Å². The van der Waals surface area contributed by atoms with E-state index in [0.29, 0.717) is 0 Å². The van der Waals surface area contributed by atoms with E-state index in [-0.39, 0.29) is 11.9 Å². The minimum Gasteiger partial charge on any atom is -0.373 e. The fourth-order valence-corrected chi connectivity index (χ4v) is 3.39. The lowest BCUT2D eigenvalue weighted by Gasteiger charge is -2.32. The number of piperidine rings is 1. The first-order chi connectivity index (χ1) is 13.1. The Morgan fingerprint density at radius 3 is 2.85 bits per heavy atom. The molecule has 1 amide bonds. The van der Waals surface area contributed by atoms with Crippen molar-refractivity contribution in [1.29, 1.82) is 0 Å². The third kappa shape index (κ3) is 3.53. The van der Waals surface area contributed by atoms with Crippen molar-refractivity contribution >= 4 is 17.3 Å². The zero-order valence-corrected chi connectivity index (χ0v) is 15.5. The number of carbonyl (C=O) groups excluding carboxylic acids is 1. The van der Waals surface area contributed by atoms with E-state index in [1.807, 2.05) is 43.3 Å². The van der Waals surface area contributed by atoms with E-state index < -0.39 is 0 Å². The Hall–Kier alpha value is -3.22. The van der Waals surface area contributed by atoms with E-state index >= 15 is 0 Å². The summed E-state index contributed by atoms with van der Waals surface area (Å²) in [6.07, 6.45) is 10.4. The van der Waals surface area contributed by atoms with Crippen LogP contribution in [0.2, 0.25) is 0 Å². The maximum Gasteiger partial charge on any atom is 0.249 e. The highest BCUT2D eigenvalue weighted by atomic mass is 16.2. The van der Waals surface area contributed by atoms with E-state index in [1.165, 1.54) is 0 Å². The zero-order valence-electron chi connectivity index (χ0n) is 15.5. The molecule has 0 aliphatic carbocycles. The Labute approximate surface area is 158 Å². The number of benzene rings is 1. The van der Waals surface area contributed by atoms with Gasteiger partial charge in [0.25, 0.3) is 0 Å². The van der Waals surface area contributed by atoms with Gasteiger partial charge in [0.2, 0.25) is 5.91 Å². The van der Waals surface area contributed by atoms with E-state index in [9.17, 15) is 4.79 Å². The van der Waals surface area contributed by atoms with Crippen molar-refractivity contribution in [2.75, 3.05) is 16.8 Å². The number of amides is 1. The molecule has 1 atom stereocenters. The lowest BCUT2D eigenvalue weighted by molar-refractivity contribution is -0.120. The number of aromatic nitrogens is 4. The topological polar surface area (TPSA) is 75.9 Å². The van der Waals surface area contributed by atoms with Gasteiger partial charge in [0.1, 0.15) is 6.04 Å². The molecular formula is C20H22N6O. The van der Waals surface area contributed by atoms with Gasteiger partial charge in [-0.25, -0.2) is 0 Å². The molecule has 1 saturated heterocycles. The van der Waals surface area contributed by atoms with Crippen LogP contribution in [-0.4, -0.2) is 38.2 Å². The number of nitrogens with one attached hydrogen (secondary N) is 1. The molecule has 7 heteroatoms. The summed E-state index contributed by atoms with van der Waals surface area (Å²) in [5.41, 5.74) is 4.67. The molecule has 3 heterocycles. The number of aryl methyl sites for hydroxylation is 2. The fraction of sp³-hybridized carbons (Fsp3) is 0.300. The molecule has 0 bridgehead atoms. The molecule has 1 aromatic carbocycles. The summed E-state index contributed by atoms with van der Waals surface area (Å²) in [7, 11) is 1.86. The van der Waals surface area contributed by atoms with Crippen molar-refractivity contribution in [2.24, 2.45) is 7.05 Å². The first kappa shape index (κ1) is 17.2. The summed E-state index contributed by atoms with van der Waals surface area (Å²) >= 11 is 0. The summed E-state index contributed by atoms with van der Waals surface area (Å²) in [5.74, 6) is 0.0820. The highest BCUT2D eigenvalue weighted by Crippen LogP contribution is 2.27. The molecule has 27 heavy (non-hydrogen) atoms. The molecule has 1 N–H and O–H groups in total. The minimum absolute atomic E-state index is 0.0820. The monoisotopic (exact) mass is 362 g/mol. The van der Waals surface area contributed by atoms with Crippen molar-refractivity contribution in [3.05, 3.63) is 54.7 Å². The van der Waals surface area contributed by atoms with Crippen LogP contribution in [0.3, 0.4) is 0 Å².